The van der Waals surface area contributed by atoms with Crippen molar-refractivity contribution in [2.75, 3.05) is 0 Å². The Balaban J connectivity index is 1.26. The van der Waals surface area contributed by atoms with Gasteiger partial charge >= 0.3 is 0 Å². The molecule has 0 radical (unpaired) electrons. The molecule has 6 aliphatic rings. The van der Waals surface area contributed by atoms with Gasteiger partial charge in [-0.25, -0.2) is 0 Å². The van der Waals surface area contributed by atoms with E-state index in [1.54, 1.807) is 89.9 Å². The summed E-state index contributed by atoms with van der Waals surface area (Å²) in [5.74, 6) is 14.2. The summed E-state index contributed by atoms with van der Waals surface area (Å²) >= 11 is 0. The van der Waals surface area contributed by atoms with Crippen molar-refractivity contribution in [1.82, 2.24) is 0 Å². The van der Waals surface area contributed by atoms with Crippen LogP contribution >= 0.6 is 0 Å². The molecule has 0 heteroatoms. The van der Waals surface area contributed by atoms with Crippen molar-refractivity contribution < 1.29 is 0 Å². The van der Waals surface area contributed by atoms with Crippen LogP contribution in [0.15, 0.2) is 0 Å². The fraction of sp³-hybridized carbons (Fsp3) is 1.00. The number of hydrogen-bond donors (Lipinski definition) is 0. The highest BCUT2D eigenvalue weighted by Crippen LogP contribution is 2.64. The third-order valence-corrected chi connectivity index (χ3v) is 14.2. The minimum atomic E-state index is 1.05. The lowest BCUT2D eigenvalue weighted by Gasteiger charge is -2.60. The van der Waals surface area contributed by atoms with Crippen LogP contribution in [0.3, 0.4) is 0 Å². The molecule has 35 heavy (non-hydrogen) atoms. The Labute approximate surface area is 219 Å². The van der Waals surface area contributed by atoms with E-state index in [4.69, 9.17) is 0 Å². The van der Waals surface area contributed by atoms with Gasteiger partial charge in [-0.2, -0.15) is 0 Å². The van der Waals surface area contributed by atoms with Crippen LogP contribution in [0.2, 0.25) is 0 Å². The normalized spacial score (nSPS) is 50.8. The Bertz CT molecular complexity index is 666. The van der Waals surface area contributed by atoms with E-state index in [0.717, 1.165) is 76.9 Å². The highest BCUT2D eigenvalue weighted by Gasteiger charge is 2.57. The Morgan fingerprint density at radius 3 is 1.69 bits per heavy atom. The lowest BCUT2D eigenvalue weighted by atomic mass is 9.45. The van der Waals surface area contributed by atoms with Crippen LogP contribution in [-0.4, -0.2) is 0 Å². The summed E-state index contributed by atoms with van der Waals surface area (Å²) in [6.45, 7) is 7.75. The molecule has 0 heterocycles. The molecule has 0 spiro atoms. The monoisotopic (exact) mass is 480 g/mol. The maximum absolute atomic E-state index is 2.62. The zero-order valence-corrected chi connectivity index (χ0v) is 23.9. The Morgan fingerprint density at radius 1 is 0.400 bits per heavy atom. The van der Waals surface area contributed by atoms with Crippen LogP contribution in [0.4, 0.5) is 0 Å². The van der Waals surface area contributed by atoms with Crippen LogP contribution < -0.4 is 0 Å². The smallest absolute Gasteiger partial charge is 0.0321 e. The quantitative estimate of drug-likeness (QED) is 0.354. The third-order valence-electron chi connectivity index (χ3n) is 14.2. The van der Waals surface area contributed by atoms with E-state index in [1.807, 2.05) is 0 Å². The summed E-state index contributed by atoms with van der Waals surface area (Å²) in [4.78, 5) is 0. The van der Waals surface area contributed by atoms with E-state index in [2.05, 4.69) is 20.8 Å². The summed E-state index contributed by atoms with van der Waals surface area (Å²) in [5.41, 5.74) is 0. The van der Waals surface area contributed by atoms with Gasteiger partial charge < -0.3 is 0 Å². The van der Waals surface area contributed by atoms with E-state index < -0.39 is 0 Å². The van der Waals surface area contributed by atoms with E-state index in [1.165, 1.54) is 32.1 Å². The number of fused-ring (bicyclic) bond motifs is 2. The Kier molecular flexibility index (Phi) is 7.95. The second-order valence-corrected chi connectivity index (χ2v) is 15.0. The molecule has 10 unspecified atom stereocenters. The molecule has 6 aliphatic carbocycles. The van der Waals surface area contributed by atoms with Crippen LogP contribution in [0, 0.1) is 76.9 Å². The molecule has 0 aromatic carbocycles. The molecule has 0 aromatic heterocycles. The van der Waals surface area contributed by atoms with Crippen molar-refractivity contribution >= 4 is 0 Å². The molecular weight excluding hydrogens is 420 g/mol. The lowest BCUT2D eigenvalue weighted by molar-refractivity contribution is -0.111. The summed E-state index contributed by atoms with van der Waals surface area (Å²) < 4.78 is 0. The zero-order valence-electron chi connectivity index (χ0n) is 23.9. The van der Waals surface area contributed by atoms with Crippen molar-refractivity contribution in [3.8, 4) is 0 Å². The number of hydrogen-bond acceptors (Lipinski definition) is 0. The first kappa shape index (κ1) is 25.3. The molecule has 0 aromatic rings. The molecule has 0 amide bonds. The van der Waals surface area contributed by atoms with Crippen LogP contribution in [0.5, 0.6) is 0 Å². The molecule has 200 valence electrons. The lowest BCUT2D eigenvalue weighted by Crippen LogP contribution is -2.53. The average Bonchev–Trinajstić information content (AvgIpc) is 3.66. The van der Waals surface area contributed by atoms with Crippen molar-refractivity contribution in [3.63, 3.8) is 0 Å². The topological polar surface area (TPSA) is 0 Å². The van der Waals surface area contributed by atoms with E-state index >= 15 is 0 Å². The van der Waals surface area contributed by atoms with E-state index in [0.29, 0.717) is 0 Å². The maximum Gasteiger partial charge on any atom is -0.0321 e. The van der Waals surface area contributed by atoms with Gasteiger partial charge in [0.15, 0.2) is 0 Å². The first-order valence-corrected chi connectivity index (χ1v) is 17.2. The molecular formula is C35H60. The molecule has 6 saturated carbocycles. The molecule has 0 aliphatic heterocycles. The van der Waals surface area contributed by atoms with Crippen LogP contribution in [0.25, 0.3) is 0 Å². The van der Waals surface area contributed by atoms with Gasteiger partial charge in [0, 0.05) is 0 Å². The minimum absolute atomic E-state index is 1.05. The molecule has 10 atom stereocenters. The molecule has 6 rings (SSSR count). The van der Waals surface area contributed by atoms with Crippen molar-refractivity contribution in [2.24, 2.45) is 76.9 Å². The van der Waals surface area contributed by atoms with Crippen LogP contribution in [-0.2, 0) is 0 Å². The van der Waals surface area contributed by atoms with Gasteiger partial charge in [0.2, 0.25) is 0 Å². The van der Waals surface area contributed by atoms with Gasteiger partial charge in [-0.05, 0) is 135 Å². The molecule has 6 fully saturated rings. The fourth-order valence-electron chi connectivity index (χ4n) is 12.8. The summed E-state index contributed by atoms with van der Waals surface area (Å²) in [5, 5.41) is 0. The SMILES string of the molecule is CCC1CCC2C(C1)C(C1CCC3CCCC31)C(CC)C(CC)C2C1CCC(C2CCCC2)CC1. The Hall–Kier alpha value is 0. The largest absolute Gasteiger partial charge is 0.0651 e. The zero-order chi connectivity index (χ0) is 23.9. The van der Waals surface area contributed by atoms with E-state index in [-0.39, 0.29) is 0 Å². The van der Waals surface area contributed by atoms with Gasteiger partial charge in [0.1, 0.15) is 0 Å². The van der Waals surface area contributed by atoms with Gasteiger partial charge in [-0.1, -0.05) is 85.0 Å². The molecule has 0 N–H and O–H groups in total. The summed E-state index contributed by atoms with van der Waals surface area (Å²) in [6, 6.07) is 0. The molecule has 0 saturated heterocycles. The predicted octanol–water partition coefficient (Wildman–Crippen LogP) is 10.6. The third kappa shape index (κ3) is 4.60. The first-order chi connectivity index (χ1) is 17.2. The number of rotatable bonds is 6. The van der Waals surface area contributed by atoms with E-state index in [9.17, 15) is 0 Å². The van der Waals surface area contributed by atoms with Crippen molar-refractivity contribution in [2.45, 2.75) is 143 Å². The maximum atomic E-state index is 2.62. The van der Waals surface area contributed by atoms with Crippen LogP contribution in [0.1, 0.15) is 143 Å². The molecule has 0 bridgehead atoms. The standard InChI is InChI=1S/C35H60/c1-4-23-14-20-32-33(22-23)35(31-21-19-26-12-9-13-30(26)31)29(6-3)28(5-2)34(32)27-17-15-25(16-18-27)24-10-7-8-11-24/h23-35H,4-22H2,1-3H3. The Morgan fingerprint density at radius 2 is 0.971 bits per heavy atom. The highest BCUT2D eigenvalue weighted by atomic mass is 14.6. The summed E-state index contributed by atoms with van der Waals surface area (Å²) in [6.07, 6.45) is 29.8. The highest BCUT2D eigenvalue weighted by molar-refractivity contribution is 5.05. The fourth-order valence-corrected chi connectivity index (χ4v) is 12.8. The van der Waals surface area contributed by atoms with Gasteiger partial charge in [0.25, 0.3) is 0 Å². The van der Waals surface area contributed by atoms with Crippen molar-refractivity contribution in [1.29, 1.82) is 0 Å². The van der Waals surface area contributed by atoms with Gasteiger partial charge in [-0.3, -0.25) is 0 Å². The first-order valence-electron chi connectivity index (χ1n) is 17.2. The second kappa shape index (κ2) is 11.0. The minimum Gasteiger partial charge on any atom is -0.0651 e. The van der Waals surface area contributed by atoms with Gasteiger partial charge in [-0.15, -0.1) is 0 Å². The van der Waals surface area contributed by atoms with Crippen molar-refractivity contribution in [3.05, 3.63) is 0 Å². The van der Waals surface area contributed by atoms with Gasteiger partial charge in [0.05, 0.1) is 0 Å². The summed E-state index contributed by atoms with van der Waals surface area (Å²) in [7, 11) is 0. The molecule has 0 nitrogen and oxygen atoms in total. The predicted molar refractivity (Wildman–Crippen MR) is 150 cm³/mol. The average molecular weight is 481 g/mol. The second-order valence-electron chi connectivity index (χ2n) is 15.0.